The van der Waals surface area contributed by atoms with Gasteiger partial charge in [0.25, 0.3) is 0 Å². The molecule has 0 unspecified atom stereocenters. The number of hydrogen-bond donors (Lipinski definition) is 1. The fourth-order valence-electron chi connectivity index (χ4n) is 3.63. The maximum atomic E-state index is 12.7. The Bertz CT molecular complexity index is 642. The number of amides is 2. The molecule has 1 aromatic rings. The summed E-state index contributed by atoms with van der Waals surface area (Å²) in [5.41, 5.74) is 0.569. The van der Waals surface area contributed by atoms with Crippen molar-refractivity contribution < 1.29 is 23.5 Å². The van der Waals surface area contributed by atoms with Crippen LogP contribution in [0.2, 0.25) is 0 Å². The van der Waals surface area contributed by atoms with Gasteiger partial charge in [0.2, 0.25) is 6.43 Å². The van der Waals surface area contributed by atoms with Crippen molar-refractivity contribution in [2.24, 2.45) is 5.41 Å². The summed E-state index contributed by atoms with van der Waals surface area (Å²) in [4.78, 5) is 27.5. The van der Waals surface area contributed by atoms with E-state index >= 15 is 0 Å². The van der Waals surface area contributed by atoms with Gasteiger partial charge in [0.15, 0.2) is 0 Å². The topological polar surface area (TPSA) is 60.9 Å². The maximum Gasteiger partial charge on any atom is 0.324 e. The molecule has 2 amide bonds. The van der Waals surface area contributed by atoms with Gasteiger partial charge in [-0.2, -0.15) is 0 Å². The van der Waals surface area contributed by atoms with E-state index in [9.17, 15) is 23.5 Å². The van der Waals surface area contributed by atoms with Crippen LogP contribution in [-0.2, 0) is 11.2 Å². The highest BCUT2D eigenvalue weighted by molar-refractivity contribution is 5.94. The lowest BCUT2D eigenvalue weighted by atomic mass is 9.76. The zero-order chi connectivity index (χ0) is 17.3. The summed E-state index contributed by atoms with van der Waals surface area (Å²) < 4.78 is 25.5. The Morgan fingerprint density at radius 1 is 1.17 bits per heavy atom. The summed E-state index contributed by atoms with van der Waals surface area (Å²) in [6.45, 7) is 0.975. The van der Waals surface area contributed by atoms with Gasteiger partial charge in [-0.3, -0.25) is 9.69 Å². The van der Waals surface area contributed by atoms with Gasteiger partial charge in [-0.1, -0.05) is 18.2 Å². The predicted molar refractivity (Wildman–Crippen MR) is 84.4 cm³/mol. The molecule has 2 heterocycles. The standard InChI is InChI=1S/C17H20F2N2O3/c18-14(19)11-17(15(22)23)6-9-20(10-7-17)16(24)21-8-5-12-3-1-2-4-13(12)21/h1-4,14H,5-11H2,(H,22,23). The van der Waals surface area contributed by atoms with Gasteiger partial charge in [0.05, 0.1) is 5.41 Å². The van der Waals surface area contributed by atoms with Crippen molar-refractivity contribution in [1.82, 2.24) is 4.90 Å². The highest BCUT2D eigenvalue weighted by atomic mass is 19.3. The Morgan fingerprint density at radius 3 is 2.46 bits per heavy atom. The Balaban J connectivity index is 1.69. The van der Waals surface area contributed by atoms with Crippen LogP contribution in [0.1, 0.15) is 24.8 Å². The van der Waals surface area contributed by atoms with Crippen LogP contribution in [0, 0.1) is 5.41 Å². The average Bonchev–Trinajstić information content (AvgIpc) is 2.98. The highest BCUT2D eigenvalue weighted by Crippen LogP contribution is 2.38. The highest BCUT2D eigenvalue weighted by Gasteiger charge is 2.45. The molecule has 5 nitrogen and oxygen atoms in total. The number of benzene rings is 1. The van der Waals surface area contributed by atoms with Crippen LogP contribution in [-0.4, -0.2) is 48.1 Å². The van der Waals surface area contributed by atoms with E-state index in [4.69, 9.17) is 0 Å². The number of carboxylic acid groups (broad SMARTS) is 1. The molecule has 7 heteroatoms. The van der Waals surface area contributed by atoms with Crippen LogP contribution in [0.15, 0.2) is 24.3 Å². The number of carbonyl (C=O) groups excluding carboxylic acids is 1. The molecule has 0 bridgehead atoms. The Hall–Kier alpha value is -2.18. The van der Waals surface area contributed by atoms with Crippen molar-refractivity contribution in [3.8, 4) is 0 Å². The molecule has 0 aromatic heterocycles. The first-order valence-corrected chi connectivity index (χ1v) is 8.09. The number of halogens is 2. The van der Waals surface area contributed by atoms with Crippen molar-refractivity contribution >= 4 is 17.7 Å². The minimum Gasteiger partial charge on any atom is -0.481 e. The van der Waals surface area contributed by atoms with Crippen molar-refractivity contribution in [3.63, 3.8) is 0 Å². The van der Waals surface area contributed by atoms with Gasteiger partial charge in [0, 0.05) is 31.7 Å². The smallest absolute Gasteiger partial charge is 0.324 e. The number of anilines is 1. The quantitative estimate of drug-likeness (QED) is 0.922. The largest absolute Gasteiger partial charge is 0.481 e. The predicted octanol–water partition coefficient (Wildman–Crippen LogP) is 2.99. The number of para-hydroxylation sites is 1. The number of piperidine rings is 1. The molecule has 24 heavy (non-hydrogen) atoms. The molecule has 130 valence electrons. The van der Waals surface area contributed by atoms with Crippen LogP contribution in [0.3, 0.4) is 0 Å². The third-order valence-corrected chi connectivity index (χ3v) is 5.11. The average molecular weight is 338 g/mol. The number of carbonyl (C=O) groups is 2. The normalized spacial score (nSPS) is 19.5. The van der Waals surface area contributed by atoms with Gasteiger partial charge in [-0.05, 0) is 30.9 Å². The molecule has 2 aliphatic heterocycles. The van der Waals surface area contributed by atoms with Gasteiger partial charge in [0.1, 0.15) is 0 Å². The van der Waals surface area contributed by atoms with Crippen LogP contribution >= 0.6 is 0 Å². The fraction of sp³-hybridized carbons (Fsp3) is 0.529. The molecule has 1 aromatic carbocycles. The van der Waals surface area contributed by atoms with Crippen molar-refractivity contribution in [2.75, 3.05) is 24.5 Å². The summed E-state index contributed by atoms with van der Waals surface area (Å²) in [6, 6.07) is 7.51. The third-order valence-electron chi connectivity index (χ3n) is 5.11. The van der Waals surface area contributed by atoms with Crippen LogP contribution in [0.5, 0.6) is 0 Å². The summed E-state index contributed by atoms with van der Waals surface area (Å²) in [5.74, 6) is -1.19. The maximum absolute atomic E-state index is 12.7. The molecule has 0 aliphatic carbocycles. The Kier molecular flexibility index (Phi) is 4.43. The third kappa shape index (κ3) is 2.95. The number of rotatable bonds is 3. The number of aliphatic carboxylic acids is 1. The number of carboxylic acids is 1. The molecule has 1 fully saturated rings. The van der Waals surface area contributed by atoms with E-state index in [0.717, 1.165) is 17.7 Å². The molecule has 0 radical (unpaired) electrons. The summed E-state index contributed by atoms with van der Waals surface area (Å²) in [6.07, 6.45) is -2.40. The summed E-state index contributed by atoms with van der Waals surface area (Å²) >= 11 is 0. The molecule has 2 aliphatic rings. The van der Waals surface area contributed by atoms with E-state index < -0.39 is 24.2 Å². The van der Waals surface area contributed by atoms with Gasteiger partial charge in [-0.15, -0.1) is 0 Å². The van der Waals surface area contributed by atoms with Crippen LogP contribution in [0.25, 0.3) is 0 Å². The first-order chi connectivity index (χ1) is 11.4. The van der Waals surface area contributed by atoms with Crippen molar-refractivity contribution in [3.05, 3.63) is 29.8 Å². The van der Waals surface area contributed by atoms with Crippen LogP contribution < -0.4 is 4.90 Å². The minimum absolute atomic E-state index is 0.0634. The molecule has 1 saturated heterocycles. The first kappa shape index (κ1) is 16.7. The molecule has 3 rings (SSSR count). The Labute approximate surface area is 138 Å². The number of urea groups is 1. The number of likely N-dealkylation sites (tertiary alicyclic amines) is 1. The van der Waals surface area contributed by atoms with Gasteiger partial charge in [-0.25, -0.2) is 13.6 Å². The van der Waals surface area contributed by atoms with E-state index in [-0.39, 0.29) is 32.0 Å². The van der Waals surface area contributed by atoms with Crippen molar-refractivity contribution in [1.29, 1.82) is 0 Å². The van der Waals surface area contributed by atoms with E-state index in [0.29, 0.717) is 6.54 Å². The zero-order valence-corrected chi connectivity index (χ0v) is 13.3. The second-order valence-corrected chi connectivity index (χ2v) is 6.48. The number of alkyl halides is 2. The first-order valence-electron chi connectivity index (χ1n) is 8.09. The molecule has 1 N–H and O–H groups in total. The number of nitrogens with zero attached hydrogens (tertiary/aromatic N) is 2. The number of fused-ring (bicyclic) bond motifs is 1. The lowest BCUT2D eigenvalue weighted by Crippen LogP contribution is -2.51. The minimum atomic E-state index is -2.66. The fourth-order valence-corrected chi connectivity index (χ4v) is 3.63. The molecule has 0 saturated carbocycles. The summed E-state index contributed by atoms with van der Waals surface area (Å²) in [7, 11) is 0. The molecular weight excluding hydrogens is 318 g/mol. The molecular formula is C17H20F2N2O3. The van der Waals surface area contributed by atoms with Crippen molar-refractivity contribution in [2.45, 2.75) is 32.1 Å². The van der Waals surface area contributed by atoms with E-state index in [1.165, 1.54) is 0 Å². The van der Waals surface area contributed by atoms with E-state index in [2.05, 4.69) is 0 Å². The Morgan fingerprint density at radius 2 is 1.83 bits per heavy atom. The lowest BCUT2D eigenvalue weighted by Gasteiger charge is -2.40. The second-order valence-electron chi connectivity index (χ2n) is 6.48. The monoisotopic (exact) mass is 338 g/mol. The van der Waals surface area contributed by atoms with Crippen LogP contribution in [0.4, 0.5) is 19.3 Å². The number of hydrogen-bond acceptors (Lipinski definition) is 2. The SMILES string of the molecule is O=C(N1CCC(CC(F)F)(C(=O)O)CC1)N1CCc2ccccc21. The summed E-state index contributed by atoms with van der Waals surface area (Å²) in [5, 5.41) is 9.36. The molecule has 0 spiro atoms. The van der Waals surface area contributed by atoms with Gasteiger partial charge >= 0.3 is 12.0 Å². The van der Waals surface area contributed by atoms with E-state index in [1.807, 2.05) is 24.3 Å². The second kappa shape index (κ2) is 6.37. The molecule has 0 atom stereocenters. The van der Waals surface area contributed by atoms with Gasteiger partial charge < -0.3 is 10.0 Å². The zero-order valence-electron chi connectivity index (χ0n) is 13.3. The van der Waals surface area contributed by atoms with E-state index in [1.54, 1.807) is 9.80 Å². The lowest BCUT2D eigenvalue weighted by molar-refractivity contribution is -0.154.